The Kier molecular flexibility index (Phi) is 5.20. The SMILES string of the molecule is CCN1C(=O)C(Nc2ccc(OC)c(Cl)c2)=C(c2ccc(Cl)cc2)C1=O. The second-order valence-electron chi connectivity index (χ2n) is 5.59. The van der Waals surface area contributed by atoms with E-state index in [4.69, 9.17) is 27.9 Å². The van der Waals surface area contributed by atoms with Gasteiger partial charge in [0.05, 0.1) is 17.7 Å². The maximum absolute atomic E-state index is 12.7. The summed E-state index contributed by atoms with van der Waals surface area (Å²) in [7, 11) is 1.52. The first-order valence-electron chi connectivity index (χ1n) is 7.93. The molecular weight excluding hydrogens is 375 g/mol. The number of carbonyl (C=O) groups excluding carboxylic acids is 2. The number of benzene rings is 2. The summed E-state index contributed by atoms with van der Waals surface area (Å²) in [5, 5.41) is 3.98. The van der Waals surface area contributed by atoms with Crippen molar-refractivity contribution in [3.63, 3.8) is 0 Å². The molecule has 3 rings (SSSR count). The summed E-state index contributed by atoms with van der Waals surface area (Å²) in [4.78, 5) is 26.6. The van der Waals surface area contributed by atoms with Crippen LogP contribution in [0.25, 0.3) is 5.57 Å². The number of anilines is 1. The zero-order chi connectivity index (χ0) is 18.8. The molecule has 0 saturated heterocycles. The number of nitrogens with zero attached hydrogens (tertiary/aromatic N) is 1. The van der Waals surface area contributed by atoms with E-state index in [1.54, 1.807) is 49.4 Å². The first-order valence-corrected chi connectivity index (χ1v) is 8.68. The molecule has 0 spiro atoms. The molecular formula is C19H16Cl2N2O3. The van der Waals surface area contributed by atoms with Crippen LogP contribution in [0.15, 0.2) is 48.2 Å². The van der Waals surface area contributed by atoms with Gasteiger partial charge in [-0.15, -0.1) is 0 Å². The van der Waals surface area contributed by atoms with Crippen LogP contribution < -0.4 is 10.1 Å². The smallest absolute Gasteiger partial charge is 0.278 e. The van der Waals surface area contributed by atoms with Crippen LogP contribution in [0.5, 0.6) is 5.75 Å². The fraction of sp³-hybridized carbons (Fsp3) is 0.158. The number of hydrogen-bond donors (Lipinski definition) is 1. The van der Waals surface area contributed by atoms with Crippen molar-refractivity contribution in [2.75, 3.05) is 19.0 Å². The van der Waals surface area contributed by atoms with Crippen LogP contribution in [0.1, 0.15) is 12.5 Å². The highest BCUT2D eigenvalue weighted by Crippen LogP contribution is 2.33. The van der Waals surface area contributed by atoms with Crippen molar-refractivity contribution in [3.05, 3.63) is 63.8 Å². The molecule has 0 atom stereocenters. The molecule has 1 N–H and O–H groups in total. The Morgan fingerprint density at radius 3 is 2.31 bits per heavy atom. The van der Waals surface area contributed by atoms with Crippen LogP contribution in [0.4, 0.5) is 5.69 Å². The molecule has 2 aromatic carbocycles. The Morgan fingerprint density at radius 2 is 1.73 bits per heavy atom. The van der Waals surface area contributed by atoms with Crippen LogP contribution in [0, 0.1) is 0 Å². The predicted octanol–water partition coefficient (Wildman–Crippen LogP) is 4.21. The van der Waals surface area contributed by atoms with E-state index in [1.165, 1.54) is 12.0 Å². The molecule has 5 nitrogen and oxygen atoms in total. The molecule has 0 saturated carbocycles. The summed E-state index contributed by atoms with van der Waals surface area (Å²) in [6.07, 6.45) is 0. The minimum Gasteiger partial charge on any atom is -0.495 e. The first kappa shape index (κ1) is 18.3. The number of rotatable bonds is 5. The van der Waals surface area contributed by atoms with Gasteiger partial charge >= 0.3 is 0 Å². The molecule has 2 amide bonds. The van der Waals surface area contributed by atoms with Crippen LogP contribution in [0.3, 0.4) is 0 Å². The lowest BCUT2D eigenvalue weighted by Gasteiger charge is -2.12. The highest BCUT2D eigenvalue weighted by molar-refractivity contribution is 6.37. The average molecular weight is 391 g/mol. The number of likely N-dealkylation sites (N-methyl/N-ethyl adjacent to an activating group) is 1. The van der Waals surface area contributed by atoms with E-state index in [2.05, 4.69) is 5.32 Å². The Hall–Kier alpha value is -2.50. The molecule has 7 heteroatoms. The Bertz CT molecular complexity index is 908. The van der Waals surface area contributed by atoms with Gasteiger partial charge in [0.2, 0.25) is 0 Å². The van der Waals surface area contributed by atoms with Gasteiger partial charge in [0.15, 0.2) is 0 Å². The van der Waals surface area contributed by atoms with Gasteiger partial charge in [-0.2, -0.15) is 0 Å². The highest BCUT2D eigenvalue weighted by Gasteiger charge is 2.38. The predicted molar refractivity (Wildman–Crippen MR) is 102 cm³/mol. The summed E-state index contributed by atoms with van der Waals surface area (Å²) >= 11 is 12.1. The van der Waals surface area contributed by atoms with Crippen LogP contribution in [-0.4, -0.2) is 30.4 Å². The van der Waals surface area contributed by atoms with Gasteiger partial charge in [0, 0.05) is 17.3 Å². The van der Waals surface area contributed by atoms with Gasteiger partial charge in [-0.3, -0.25) is 14.5 Å². The van der Waals surface area contributed by atoms with Gasteiger partial charge in [0.25, 0.3) is 11.8 Å². The second kappa shape index (κ2) is 7.40. The number of hydrogen-bond acceptors (Lipinski definition) is 4. The van der Waals surface area contributed by atoms with Crippen molar-refractivity contribution in [1.29, 1.82) is 0 Å². The Balaban J connectivity index is 2.06. The maximum atomic E-state index is 12.7. The van der Waals surface area contributed by atoms with E-state index in [0.29, 0.717) is 32.6 Å². The van der Waals surface area contributed by atoms with E-state index in [1.807, 2.05) is 0 Å². The summed E-state index contributed by atoms with van der Waals surface area (Å²) < 4.78 is 5.13. The van der Waals surface area contributed by atoms with Crippen molar-refractivity contribution in [2.24, 2.45) is 0 Å². The summed E-state index contributed by atoms with van der Waals surface area (Å²) in [5.41, 5.74) is 1.71. The Labute approximate surface area is 161 Å². The van der Waals surface area contributed by atoms with Crippen LogP contribution >= 0.6 is 23.2 Å². The maximum Gasteiger partial charge on any atom is 0.278 e. The topological polar surface area (TPSA) is 58.6 Å². The zero-order valence-electron chi connectivity index (χ0n) is 14.2. The molecule has 26 heavy (non-hydrogen) atoms. The van der Waals surface area contributed by atoms with Gasteiger partial charge in [-0.25, -0.2) is 0 Å². The molecule has 1 aliphatic rings. The molecule has 1 aliphatic heterocycles. The number of imide groups is 1. The van der Waals surface area contributed by atoms with Crippen molar-refractivity contribution < 1.29 is 14.3 Å². The van der Waals surface area contributed by atoms with Crippen molar-refractivity contribution in [2.45, 2.75) is 6.92 Å². The monoisotopic (exact) mass is 390 g/mol. The molecule has 0 aromatic heterocycles. The number of halogens is 2. The minimum absolute atomic E-state index is 0.209. The fourth-order valence-corrected chi connectivity index (χ4v) is 3.14. The molecule has 0 bridgehead atoms. The van der Waals surface area contributed by atoms with E-state index in [-0.39, 0.29) is 24.1 Å². The highest BCUT2D eigenvalue weighted by atomic mass is 35.5. The van der Waals surface area contributed by atoms with Crippen LogP contribution in [-0.2, 0) is 9.59 Å². The first-order chi connectivity index (χ1) is 12.5. The molecule has 1 heterocycles. The van der Waals surface area contributed by atoms with E-state index in [9.17, 15) is 9.59 Å². The summed E-state index contributed by atoms with van der Waals surface area (Å²) in [5.74, 6) is -0.204. The van der Waals surface area contributed by atoms with Gasteiger partial charge in [0.1, 0.15) is 11.4 Å². The molecule has 134 valence electrons. The van der Waals surface area contributed by atoms with Gasteiger partial charge in [-0.1, -0.05) is 35.3 Å². The standard InChI is InChI=1S/C19H16Cl2N2O3/c1-3-23-18(24)16(11-4-6-12(20)7-5-11)17(19(23)25)22-13-8-9-15(26-2)14(21)10-13/h4-10,22H,3H2,1-2H3. The molecule has 0 unspecified atom stereocenters. The lowest BCUT2D eigenvalue weighted by molar-refractivity contribution is -0.136. The van der Waals surface area contributed by atoms with Gasteiger partial charge in [-0.05, 0) is 42.8 Å². The largest absolute Gasteiger partial charge is 0.495 e. The average Bonchev–Trinajstić information content (AvgIpc) is 2.86. The fourth-order valence-electron chi connectivity index (χ4n) is 2.75. The third kappa shape index (κ3) is 3.28. The second-order valence-corrected chi connectivity index (χ2v) is 6.43. The van der Waals surface area contributed by atoms with Crippen LogP contribution in [0.2, 0.25) is 10.0 Å². The molecule has 0 aliphatic carbocycles. The number of amides is 2. The zero-order valence-corrected chi connectivity index (χ0v) is 15.7. The van der Waals surface area contributed by atoms with Crippen molar-refractivity contribution in [3.8, 4) is 5.75 Å². The van der Waals surface area contributed by atoms with E-state index >= 15 is 0 Å². The number of ether oxygens (including phenoxy) is 1. The lowest BCUT2D eigenvalue weighted by atomic mass is 10.0. The number of carbonyl (C=O) groups is 2. The van der Waals surface area contributed by atoms with Crippen molar-refractivity contribution >= 4 is 46.3 Å². The number of nitrogens with one attached hydrogen (secondary N) is 1. The normalized spacial score (nSPS) is 14.2. The van der Waals surface area contributed by atoms with E-state index in [0.717, 1.165) is 0 Å². The van der Waals surface area contributed by atoms with Gasteiger partial charge < -0.3 is 10.1 Å². The third-order valence-corrected chi connectivity index (χ3v) is 4.59. The number of methoxy groups -OCH3 is 1. The summed E-state index contributed by atoms with van der Waals surface area (Å²) in [6, 6.07) is 11.8. The molecule has 0 radical (unpaired) electrons. The van der Waals surface area contributed by atoms with Crippen molar-refractivity contribution in [1.82, 2.24) is 4.90 Å². The Morgan fingerprint density at radius 1 is 1.04 bits per heavy atom. The quantitative estimate of drug-likeness (QED) is 0.776. The van der Waals surface area contributed by atoms with E-state index < -0.39 is 0 Å². The minimum atomic E-state index is -0.380. The lowest BCUT2D eigenvalue weighted by Crippen LogP contribution is -2.32. The molecule has 0 fully saturated rings. The summed E-state index contributed by atoms with van der Waals surface area (Å²) in [6.45, 7) is 2.03. The molecule has 2 aromatic rings. The third-order valence-electron chi connectivity index (χ3n) is 4.04.